The number of hydrogen-bond donors (Lipinski definition) is 1. The number of ether oxygens (including phenoxy) is 1. The smallest absolute Gasteiger partial charge is 0.403 e. The van der Waals surface area contributed by atoms with E-state index in [0.717, 1.165) is 0 Å². The minimum atomic E-state index is -4.71. The predicted molar refractivity (Wildman–Crippen MR) is 50.5 cm³/mol. The molecule has 1 aromatic heterocycles. The van der Waals surface area contributed by atoms with Crippen LogP contribution >= 0.6 is 15.9 Å². The standard InChI is InChI=1S/C8H4BrF3N2O/c9-7-4-2-1-3-5(6(4)13-14-7)15-8(10,11)12/h1-3H,(H,13,14). The van der Waals surface area contributed by atoms with Gasteiger partial charge in [0.25, 0.3) is 0 Å². The van der Waals surface area contributed by atoms with E-state index >= 15 is 0 Å². The molecule has 80 valence electrons. The number of halogens is 4. The molecule has 0 fully saturated rings. The van der Waals surface area contributed by atoms with Crippen LogP contribution < -0.4 is 4.74 Å². The molecule has 15 heavy (non-hydrogen) atoms. The summed E-state index contributed by atoms with van der Waals surface area (Å²) in [6.07, 6.45) is -4.71. The fraction of sp³-hybridized carbons (Fsp3) is 0.125. The van der Waals surface area contributed by atoms with Gasteiger partial charge in [-0.15, -0.1) is 13.2 Å². The summed E-state index contributed by atoms with van der Waals surface area (Å²) in [7, 11) is 0. The molecule has 0 saturated heterocycles. The van der Waals surface area contributed by atoms with Crippen molar-refractivity contribution in [1.29, 1.82) is 0 Å². The number of rotatable bonds is 1. The summed E-state index contributed by atoms with van der Waals surface area (Å²) in [5.74, 6) is -0.318. The lowest BCUT2D eigenvalue weighted by molar-refractivity contribution is -0.274. The Morgan fingerprint density at radius 3 is 2.73 bits per heavy atom. The van der Waals surface area contributed by atoms with Gasteiger partial charge in [-0.2, -0.15) is 5.10 Å². The van der Waals surface area contributed by atoms with Gasteiger partial charge in [-0.1, -0.05) is 6.07 Å². The number of nitrogens with one attached hydrogen (secondary N) is 1. The first kappa shape index (κ1) is 10.3. The Kier molecular flexibility index (Phi) is 2.34. The Morgan fingerprint density at radius 1 is 1.33 bits per heavy atom. The van der Waals surface area contributed by atoms with Gasteiger partial charge in [0.1, 0.15) is 10.1 Å². The van der Waals surface area contributed by atoms with Crippen molar-refractivity contribution in [3.63, 3.8) is 0 Å². The molecule has 0 aliphatic heterocycles. The van der Waals surface area contributed by atoms with Gasteiger partial charge in [0, 0.05) is 5.39 Å². The Bertz CT molecular complexity index is 494. The van der Waals surface area contributed by atoms with E-state index in [0.29, 0.717) is 9.99 Å². The van der Waals surface area contributed by atoms with E-state index in [1.807, 2.05) is 0 Å². The lowest BCUT2D eigenvalue weighted by atomic mass is 10.2. The number of alkyl halides is 3. The summed E-state index contributed by atoms with van der Waals surface area (Å²) < 4.78 is 40.4. The molecule has 0 saturated carbocycles. The van der Waals surface area contributed by atoms with Gasteiger partial charge in [0.2, 0.25) is 0 Å². The van der Waals surface area contributed by atoms with Crippen LogP contribution in [0.2, 0.25) is 0 Å². The zero-order valence-corrected chi connectivity index (χ0v) is 8.69. The highest BCUT2D eigenvalue weighted by atomic mass is 79.9. The van der Waals surface area contributed by atoms with E-state index in [4.69, 9.17) is 0 Å². The summed E-state index contributed by atoms with van der Waals surface area (Å²) in [5, 5.41) is 6.77. The van der Waals surface area contributed by atoms with Crippen molar-refractivity contribution in [3.8, 4) is 5.75 Å². The molecule has 1 heterocycles. The monoisotopic (exact) mass is 280 g/mol. The van der Waals surface area contributed by atoms with Gasteiger partial charge in [-0.25, -0.2) is 0 Å². The zero-order chi connectivity index (χ0) is 11.1. The first-order valence-corrected chi connectivity index (χ1v) is 4.65. The zero-order valence-electron chi connectivity index (χ0n) is 7.10. The highest BCUT2D eigenvalue weighted by Gasteiger charge is 2.32. The van der Waals surface area contributed by atoms with Crippen LogP contribution in [-0.4, -0.2) is 16.6 Å². The van der Waals surface area contributed by atoms with Crippen LogP contribution in [0.1, 0.15) is 0 Å². The number of fused-ring (bicyclic) bond motifs is 1. The largest absolute Gasteiger partial charge is 0.573 e. The maximum absolute atomic E-state index is 12.0. The van der Waals surface area contributed by atoms with Gasteiger partial charge in [0.15, 0.2) is 5.75 Å². The number of hydrogen-bond acceptors (Lipinski definition) is 2. The predicted octanol–water partition coefficient (Wildman–Crippen LogP) is 3.22. The van der Waals surface area contributed by atoms with E-state index in [1.165, 1.54) is 12.1 Å². The minimum Gasteiger partial charge on any atom is -0.403 e. The molecule has 1 N–H and O–H groups in total. The Labute approximate surface area is 90.4 Å². The van der Waals surface area contributed by atoms with Crippen molar-refractivity contribution >= 4 is 26.8 Å². The number of nitrogens with zero attached hydrogens (tertiary/aromatic N) is 1. The number of benzene rings is 1. The molecule has 0 aliphatic rings. The van der Waals surface area contributed by atoms with Crippen molar-refractivity contribution in [2.75, 3.05) is 0 Å². The summed E-state index contributed by atoms with van der Waals surface area (Å²) in [4.78, 5) is 0. The Morgan fingerprint density at radius 2 is 2.07 bits per heavy atom. The van der Waals surface area contributed by atoms with Crippen LogP contribution in [0.4, 0.5) is 13.2 Å². The second-order valence-corrected chi connectivity index (χ2v) is 3.53. The first-order chi connectivity index (χ1) is 6.97. The van der Waals surface area contributed by atoms with Crippen molar-refractivity contribution in [1.82, 2.24) is 10.2 Å². The van der Waals surface area contributed by atoms with Gasteiger partial charge < -0.3 is 4.74 Å². The second kappa shape index (κ2) is 3.41. The molecular weight excluding hydrogens is 277 g/mol. The van der Waals surface area contributed by atoms with Gasteiger partial charge in [-0.05, 0) is 28.1 Å². The van der Waals surface area contributed by atoms with E-state index in [9.17, 15) is 13.2 Å². The van der Waals surface area contributed by atoms with Crippen LogP contribution in [-0.2, 0) is 0 Å². The average Bonchev–Trinajstić information content (AvgIpc) is 2.47. The highest BCUT2D eigenvalue weighted by molar-refractivity contribution is 9.10. The fourth-order valence-electron chi connectivity index (χ4n) is 1.19. The van der Waals surface area contributed by atoms with Gasteiger partial charge in [0.05, 0.1) is 0 Å². The van der Waals surface area contributed by atoms with Crippen LogP contribution in [0, 0.1) is 0 Å². The molecule has 0 spiro atoms. The molecule has 0 bridgehead atoms. The molecule has 1 aromatic carbocycles. The molecule has 2 aromatic rings. The lowest BCUT2D eigenvalue weighted by Crippen LogP contribution is -2.17. The molecule has 0 unspecified atom stereocenters. The summed E-state index contributed by atoms with van der Waals surface area (Å²) >= 11 is 3.13. The SMILES string of the molecule is FC(F)(F)Oc1cccc2c(Br)[nH]nc12. The first-order valence-electron chi connectivity index (χ1n) is 3.86. The highest BCUT2D eigenvalue weighted by Crippen LogP contribution is 2.31. The van der Waals surface area contributed by atoms with Crippen molar-refractivity contribution < 1.29 is 17.9 Å². The summed E-state index contributed by atoms with van der Waals surface area (Å²) in [5.41, 5.74) is 0.140. The van der Waals surface area contributed by atoms with E-state index < -0.39 is 6.36 Å². The van der Waals surface area contributed by atoms with Crippen LogP contribution in [0.5, 0.6) is 5.75 Å². The van der Waals surface area contributed by atoms with Crippen LogP contribution in [0.25, 0.3) is 10.9 Å². The fourth-order valence-corrected chi connectivity index (χ4v) is 1.60. The quantitative estimate of drug-likeness (QED) is 0.871. The molecule has 0 aliphatic carbocycles. The van der Waals surface area contributed by atoms with Crippen LogP contribution in [0.3, 0.4) is 0 Å². The molecule has 0 radical (unpaired) electrons. The maximum Gasteiger partial charge on any atom is 0.573 e. The minimum absolute atomic E-state index is 0.140. The van der Waals surface area contributed by atoms with E-state index in [2.05, 4.69) is 30.9 Å². The second-order valence-electron chi connectivity index (χ2n) is 2.74. The third-order valence-corrected chi connectivity index (χ3v) is 2.33. The molecule has 0 atom stereocenters. The number of aromatic amines is 1. The molecule has 3 nitrogen and oxygen atoms in total. The average molecular weight is 281 g/mol. The van der Waals surface area contributed by atoms with Crippen LogP contribution in [0.15, 0.2) is 22.8 Å². The van der Waals surface area contributed by atoms with Crippen molar-refractivity contribution in [3.05, 3.63) is 22.8 Å². The normalized spacial score (nSPS) is 12.0. The molecular formula is C8H4BrF3N2O. The summed E-state index contributed by atoms with van der Waals surface area (Å²) in [6, 6.07) is 4.30. The topological polar surface area (TPSA) is 37.9 Å². The third-order valence-electron chi connectivity index (χ3n) is 1.73. The Balaban J connectivity index is 2.52. The molecule has 7 heteroatoms. The maximum atomic E-state index is 12.0. The van der Waals surface area contributed by atoms with Crippen molar-refractivity contribution in [2.45, 2.75) is 6.36 Å². The number of para-hydroxylation sites is 1. The van der Waals surface area contributed by atoms with Gasteiger partial charge in [-0.3, -0.25) is 5.10 Å². The third kappa shape index (κ3) is 2.06. The van der Waals surface area contributed by atoms with E-state index in [-0.39, 0.29) is 11.3 Å². The van der Waals surface area contributed by atoms with E-state index in [1.54, 1.807) is 6.07 Å². The number of aromatic nitrogens is 2. The molecule has 2 rings (SSSR count). The number of H-pyrrole nitrogens is 1. The van der Waals surface area contributed by atoms with Crippen molar-refractivity contribution in [2.24, 2.45) is 0 Å². The lowest BCUT2D eigenvalue weighted by Gasteiger charge is -2.08. The molecule has 0 amide bonds. The van der Waals surface area contributed by atoms with Gasteiger partial charge >= 0.3 is 6.36 Å². The Hall–Kier alpha value is -1.24. The summed E-state index contributed by atoms with van der Waals surface area (Å²) in [6.45, 7) is 0.